The van der Waals surface area contributed by atoms with Gasteiger partial charge in [-0.25, -0.2) is 8.42 Å². The van der Waals surface area contributed by atoms with Gasteiger partial charge in [0, 0.05) is 5.02 Å². The quantitative estimate of drug-likeness (QED) is 0.844. The van der Waals surface area contributed by atoms with Crippen LogP contribution in [0.1, 0.15) is 43.2 Å². The Bertz CT molecular complexity index is 517. The highest BCUT2D eigenvalue weighted by molar-refractivity contribution is 7.91. The Kier molecular flexibility index (Phi) is 4.33. The molecule has 0 unspecified atom stereocenters. The minimum Gasteiger partial charge on any atom is -0.228 e. The average molecular weight is 287 g/mol. The van der Waals surface area contributed by atoms with Gasteiger partial charge in [0.1, 0.15) is 0 Å². The first-order valence-electron chi connectivity index (χ1n) is 6.46. The fourth-order valence-corrected chi connectivity index (χ4v) is 4.79. The van der Waals surface area contributed by atoms with E-state index in [2.05, 4.69) is 0 Å². The van der Waals surface area contributed by atoms with Crippen molar-refractivity contribution in [2.75, 3.05) is 0 Å². The predicted octanol–water partition coefficient (Wildman–Crippen LogP) is 3.90. The van der Waals surface area contributed by atoms with E-state index in [1.807, 2.05) is 19.1 Å². The smallest absolute Gasteiger partial charge is 0.157 e. The van der Waals surface area contributed by atoms with Gasteiger partial charge in [0.05, 0.1) is 11.0 Å². The van der Waals surface area contributed by atoms with Gasteiger partial charge in [-0.3, -0.25) is 0 Å². The third-order valence-electron chi connectivity index (χ3n) is 3.80. The molecule has 1 aromatic rings. The van der Waals surface area contributed by atoms with Gasteiger partial charge >= 0.3 is 0 Å². The molecule has 2 rings (SSSR count). The van der Waals surface area contributed by atoms with Crippen LogP contribution in [0.5, 0.6) is 0 Å². The molecule has 0 radical (unpaired) electrons. The van der Waals surface area contributed by atoms with E-state index in [1.54, 1.807) is 6.07 Å². The van der Waals surface area contributed by atoms with Crippen LogP contribution in [0.2, 0.25) is 5.02 Å². The minimum atomic E-state index is -3.03. The van der Waals surface area contributed by atoms with Crippen LogP contribution < -0.4 is 0 Å². The van der Waals surface area contributed by atoms with E-state index < -0.39 is 9.84 Å². The Hall–Kier alpha value is -0.540. The Labute approximate surface area is 114 Å². The largest absolute Gasteiger partial charge is 0.228 e. The van der Waals surface area contributed by atoms with Crippen molar-refractivity contribution in [2.24, 2.45) is 0 Å². The molecular formula is C14H19ClO2S. The number of halogens is 1. The van der Waals surface area contributed by atoms with E-state index in [1.165, 1.54) is 6.42 Å². The zero-order valence-corrected chi connectivity index (χ0v) is 12.2. The van der Waals surface area contributed by atoms with Crippen molar-refractivity contribution >= 4 is 21.4 Å². The third kappa shape index (κ3) is 3.07. The van der Waals surface area contributed by atoms with Gasteiger partial charge < -0.3 is 0 Å². The second-order valence-electron chi connectivity index (χ2n) is 5.09. The Morgan fingerprint density at radius 3 is 2.56 bits per heavy atom. The van der Waals surface area contributed by atoms with Crippen LogP contribution in [0.15, 0.2) is 18.2 Å². The topological polar surface area (TPSA) is 34.1 Å². The molecule has 4 heteroatoms. The lowest BCUT2D eigenvalue weighted by molar-refractivity contribution is 0.483. The summed E-state index contributed by atoms with van der Waals surface area (Å²) in [6.07, 6.45) is 4.89. The molecule has 0 saturated heterocycles. The number of hydrogen-bond acceptors (Lipinski definition) is 2. The fourth-order valence-electron chi connectivity index (χ4n) is 2.57. The number of hydrogen-bond donors (Lipinski definition) is 0. The third-order valence-corrected chi connectivity index (χ3v) is 6.41. The van der Waals surface area contributed by atoms with Crippen LogP contribution in [0.3, 0.4) is 0 Å². The van der Waals surface area contributed by atoms with Crippen molar-refractivity contribution in [3.05, 3.63) is 34.3 Å². The SMILES string of the molecule is Cc1c(Cl)cccc1CS(=O)(=O)C1CCCCC1. The monoisotopic (exact) mass is 286 g/mol. The highest BCUT2D eigenvalue weighted by atomic mass is 35.5. The maximum absolute atomic E-state index is 12.4. The number of rotatable bonds is 3. The van der Waals surface area contributed by atoms with Gasteiger partial charge in [-0.15, -0.1) is 0 Å². The normalized spacial score (nSPS) is 17.9. The maximum Gasteiger partial charge on any atom is 0.157 e. The molecule has 0 amide bonds. The molecule has 18 heavy (non-hydrogen) atoms. The molecule has 100 valence electrons. The predicted molar refractivity (Wildman–Crippen MR) is 75.7 cm³/mol. The van der Waals surface area contributed by atoms with Crippen LogP contribution in [0, 0.1) is 6.92 Å². The average Bonchev–Trinajstić information content (AvgIpc) is 2.36. The van der Waals surface area contributed by atoms with E-state index in [4.69, 9.17) is 11.6 Å². The molecule has 0 N–H and O–H groups in total. The zero-order valence-electron chi connectivity index (χ0n) is 10.7. The summed E-state index contributed by atoms with van der Waals surface area (Å²) < 4.78 is 24.8. The molecule has 1 aromatic carbocycles. The summed E-state index contributed by atoms with van der Waals surface area (Å²) in [6, 6.07) is 5.48. The van der Waals surface area contributed by atoms with Crippen LogP contribution in [0.25, 0.3) is 0 Å². The van der Waals surface area contributed by atoms with Crippen molar-refractivity contribution in [1.82, 2.24) is 0 Å². The first-order valence-corrected chi connectivity index (χ1v) is 8.55. The van der Waals surface area contributed by atoms with E-state index in [0.29, 0.717) is 5.02 Å². The molecule has 0 spiro atoms. The Morgan fingerprint density at radius 1 is 1.22 bits per heavy atom. The van der Waals surface area contributed by atoms with Gasteiger partial charge in [0.2, 0.25) is 0 Å². The van der Waals surface area contributed by atoms with Crippen LogP contribution in [0.4, 0.5) is 0 Å². The molecule has 0 bridgehead atoms. The first kappa shape index (κ1) is 13.9. The van der Waals surface area contributed by atoms with E-state index in [0.717, 1.165) is 36.8 Å². The molecule has 0 heterocycles. The molecule has 2 nitrogen and oxygen atoms in total. The van der Waals surface area contributed by atoms with E-state index in [-0.39, 0.29) is 11.0 Å². The lowest BCUT2D eigenvalue weighted by Crippen LogP contribution is -2.25. The molecule has 0 aliphatic heterocycles. The molecule has 1 fully saturated rings. The molecule has 0 atom stereocenters. The molecule has 1 saturated carbocycles. The summed E-state index contributed by atoms with van der Waals surface area (Å²) in [5.41, 5.74) is 1.73. The molecule has 0 aromatic heterocycles. The Balaban J connectivity index is 2.19. The fraction of sp³-hybridized carbons (Fsp3) is 0.571. The summed E-state index contributed by atoms with van der Waals surface area (Å²) in [5, 5.41) is 0.496. The summed E-state index contributed by atoms with van der Waals surface area (Å²) >= 11 is 6.03. The van der Waals surface area contributed by atoms with Gasteiger partial charge in [-0.2, -0.15) is 0 Å². The van der Waals surface area contributed by atoms with E-state index in [9.17, 15) is 8.42 Å². The highest BCUT2D eigenvalue weighted by Gasteiger charge is 2.27. The Morgan fingerprint density at radius 2 is 1.89 bits per heavy atom. The lowest BCUT2D eigenvalue weighted by Gasteiger charge is -2.22. The van der Waals surface area contributed by atoms with Crippen LogP contribution in [-0.4, -0.2) is 13.7 Å². The minimum absolute atomic E-state index is 0.129. The van der Waals surface area contributed by atoms with Crippen LogP contribution >= 0.6 is 11.6 Å². The van der Waals surface area contributed by atoms with Crippen LogP contribution in [-0.2, 0) is 15.6 Å². The molecule has 1 aliphatic carbocycles. The lowest BCUT2D eigenvalue weighted by atomic mass is 10.0. The van der Waals surface area contributed by atoms with Crippen molar-refractivity contribution in [2.45, 2.75) is 50.0 Å². The second-order valence-corrected chi connectivity index (χ2v) is 7.78. The number of benzene rings is 1. The van der Waals surface area contributed by atoms with Gasteiger partial charge in [-0.05, 0) is 37.0 Å². The van der Waals surface area contributed by atoms with Gasteiger partial charge in [0.25, 0.3) is 0 Å². The molecular weight excluding hydrogens is 268 g/mol. The summed E-state index contributed by atoms with van der Waals surface area (Å²) in [4.78, 5) is 0. The highest BCUT2D eigenvalue weighted by Crippen LogP contribution is 2.28. The van der Waals surface area contributed by atoms with Crippen molar-refractivity contribution < 1.29 is 8.42 Å². The van der Waals surface area contributed by atoms with Crippen molar-refractivity contribution in [1.29, 1.82) is 0 Å². The van der Waals surface area contributed by atoms with Gasteiger partial charge in [0.15, 0.2) is 9.84 Å². The van der Waals surface area contributed by atoms with E-state index >= 15 is 0 Å². The zero-order chi connectivity index (χ0) is 13.2. The molecule has 1 aliphatic rings. The summed E-state index contributed by atoms with van der Waals surface area (Å²) in [6.45, 7) is 1.88. The second kappa shape index (κ2) is 5.62. The number of sulfone groups is 1. The van der Waals surface area contributed by atoms with Crippen molar-refractivity contribution in [3.8, 4) is 0 Å². The maximum atomic E-state index is 12.4. The first-order chi connectivity index (χ1) is 8.50. The summed E-state index contributed by atoms with van der Waals surface area (Å²) in [5.74, 6) is 0.129. The summed E-state index contributed by atoms with van der Waals surface area (Å²) in [7, 11) is -3.03. The van der Waals surface area contributed by atoms with Gasteiger partial charge in [-0.1, -0.05) is 43.0 Å². The van der Waals surface area contributed by atoms with Crippen molar-refractivity contribution in [3.63, 3.8) is 0 Å². The standard InChI is InChI=1S/C14H19ClO2S/c1-11-12(6-5-9-14(11)15)10-18(16,17)13-7-3-2-4-8-13/h5-6,9,13H,2-4,7-8,10H2,1H3.